The Kier molecular flexibility index (Phi) is 4.62. The lowest BCUT2D eigenvalue weighted by Crippen LogP contribution is -2.20. The molecule has 0 amide bonds. The third-order valence-electron chi connectivity index (χ3n) is 2.16. The van der Waals surface area contributed by atoms with Crippen LogP contribution in [0.5, 0.6) is 0 Å². The molecule has 4 heteroatoms. The van der Waals surface area contributed by atoms with Crippen molar-refractivity contribution >= 4 is 0 Å². The number of aliphatic hydroxyl groups excluding tert-OH is 1. The summed E-state index contributed by atoms with van der Waals surface area (Å²) in [7, 11) is 0. The van der Waals surface area contributed by atoms with Gasteiger partial charge in [-0.15, -0.1) is 0 Å². The van der Waals surface area contributed by atoms with E-state index in [1.165, 1.54) is 0 Å². The Bertz CT molecular complexity index is 258. The molecule has 0 radical (unpaired) electrons. The molecule has 14 heavy (non-hydrogen) atoms. The van der Waals surface area contributed by atoms with E-state index in [-0.39, 0.29) is 6.10 Å². The van der Waals surface area contributed by atoms with Gasteiger partial charge in [0, 0.05) is 18.9 Å². The van der Waals surface area contributed by atoms with Crippen LogP contribution in [0.3, 0.4) is 0 Å². The molecule has 0 saturated heterocycles. The van der Waals surface area contributed by atoms with Crippen LogP contribution in [0, 0.1) is 0 Å². The van der Waals surface area contributed by atoms with Crippen molar-refractivity contribution in [2.45, 2.75) is 39.5 Å². The molecule has 0 saturated carbocycles. The standard InChI is InChI=1S/C10H19N3O/c1-3-13-7-6-12-10(13)8-11-5-4-9(2)14/h6-7,9,11,14H,3-5,8H2,1-2H3. The van der Waals surface area contributed by atoms with Crippen LogP contribution in [0.4, 0.5) is 0 Å². The van der Waals surface area contributed by atoms with E-state index in [4.69, 9.17) is 5.11 Å². The first-order valence-electron chi connectivity index (χ1n) is 5.12. The fraction of sp³-hybridized carbons (Fsp3) is 0.700. The average Bonchev–Trinajstić information content (AvgIpc) is 2.59. The van der Waals surface area contributed by atoms with Gasteiger partial charge in [-0.05, 0) is 26.8 Å². The zero-order valence-corrected chi connectivity index (χ0v) is 8.90. The van der Waals surface area contributed by atoms with E-state index in [0.29, 0.717) is 0 Å². The first-order valence-corrected chi connectivity index (χ1v) is 5.12. The Labute approximate surface area is 85.0 Å². The lowest BCUT2D eigenvalue weighted by Gasteiger charge is -2.07. The van der Waals surface area contributed by atoms with E-state index < -0.39 is 0 Å². The van der Waals surface area contributed by atoms with Crippen LogP contribution in [-0.2, 0) is 13.1 Å². The fourth-order valence-electron chi connectivity index (χ4n) is 1.31. The number of aromatic nitrogens is 2. The van der Waals surface area contributed by atoms with Crippen molar-refractivity contribution in [3.05, 3.63) is 18.2 Å². The molecule has 0 bridgehead atoms. The van der Waals surface area contributed by atoms with Gasteiger partial charge in [-0.2, -0.15) is 0 Å². The highest BCUT2D eigenvalue weighted by atomic mass is 16.3. The molecule has 1 aromatic rings. The molecular weight excluding hydrogens is 178 g/mol. The van der Waals surface area contributed by atoms with Crippen molar-refractivity contribution in [1.29, 1.82) is 0 Å². The number of aliphatic hydroxyl groups is 1. The Morgan fingerprint density at radius 2 is 2.43 bits per heavy atom. The van der Waals surface area contributed by atoms with E-state index in [0.717, 1.165) is 31.9 Å². The predicted molar refractivity (Wildman–Crippen MR) is 55.9 cm³/mol. The minimum atomic E-state index is -0.228. The van der Waals surface area contributed by atoms with E-state index in [2.05, 4.69) is 21.8 Å². The summed E-state index contributed by atoms with van der Waals surface area (Å²) in [5, 5.41) is 12.3. The second-order valence-corrected chi connectivity index (χ2v) is 3.44. The molecule has 2 N–H and O–H groups in total. The molecule has 1 heterocycles. The van der Waals surface area contributed by atoms with Gasteiger partial charge in [0.2, 0.25) is 0 Å². The van der Waals surface area contributed by atoms with Crippen molar-refractivity contribution in [3.8, 4) is 0 Å². The Morgan fingerprint density at radius 3 is 3.07 bits per heavy atom. The first kappa shape index (κ1) is 11.2. The molecule has 0 spiro atoms. The summed E-state index contributed by atoms with van der Waals surface area (Å²) in [5.41, 5.74) is 0. The van der Waals surface area contributed by atoms with E-state index in [9.17, 15) is 0 Å². The van der Waals surface area contributed by atoms with Crippen molar-refractivity contribution in [3.63, 3.8) is 0 Å². The fourth-order valence-corrected chi connectivity index (χ4v) is 1.31. The van der Waals surface area contributed by atoms with Crippen LogP contribution in [0.15, 0.2) is 12.4 Å². The van der Waals surface area contributed by atoms with Crippen LogP contribution < -0.4 is 5.32 Å². The number of nitrogens with one attached hydrogen (secondary N) is 1. The SMILES string of the molecule is CCn1ccnc1CNCCC(C)O. The molecule has 80 valence electrons. The molecule has 0 fully saturated rings. The minimum Gasteiger partial charge on any atom is -0.393 e. The van der Waals surface area contributed by atoms with Crippen LogP contribution in [0.25, 0.3) is 0 Å². The van der Waals surface area contributed by atoms with Gasteiger partial charge < -0.3 is 15.0 Å². The van der Waals surface area contributed by atoms with Gasteiger partial charge in [-0.25, -0.2) is 4.98 Å². The van der Waals surface area contributed by atoms with Gasteiger partial charge >= 0.3 is 0 Å². The van der Waals surface area contributed by atoms with Crippen molar-refractivity contribution in [2.24, 2.45) is 0 Å². The van der Waals surface area contributed by atoms with Gasteiger partial charge in [0.1, 0.15) is 5.82 Å². The van der Waals surface area contributed by atoms with Gasteiger partial charge in [0.15, 0.2) is 0 Å². The maximum Gasteiger partial charge on any atom is 0.122 e. The van der Waals surface area contributed by atoms with Gasteiger partial charge in [-0.1, -0.05) is 0 Å². The average molecular weight is 197 g/mol. The highest BCUT2D eigenvalue weighted by Crippen LogP contribution is 1.96. The quantitative estimate of drug-likeness (QED) is 0.662. The van der Waals surface area contributed by atoms with Crippen molar-refractivity contribution < 1.29 is 5.11 Å². The molecule has 1 rings (SSSR count). The largest absolute Gasteiger partial charge is 0.393 e. The summed E-state index contributed by atoms with van der Waals surface area (Å²) in [6.45, 7) is 6.45. The van der Waals surface area contributed by atoms with Gasteiger partial charge in [-0.3, -0.25) is 0 Å². The second-order valence-electron chi connectivity index (χ2n) is 3.44. The van der Waals surface area contributed by atoms with Crippen LogP contribution in [-0.4, -0.2) is 27.3 Å². The summed E-state index contributed by atoms with van der Waals surface area (Å²) in [5.74, 6) is 1.05. The third kappa shape index (κ3) is 3.47. The van der Waals surface area contributed by atoms with E-state index in [1.54, 1.807) is 6.92 Å². The number of aryl methyl sites for hydroxylation is 1. The summed E-state index contributed by atoms with van der Waals surface area (Å²) in [6.07, 6.45) is 4.35. The lowest BCUT2D eigenvalue weighted by molar-refractivity contribution is 0.183. The molecule has 1 unspecified atom stereocenters. The minimum absolute atomic E-state index is 0.228. The zero-order chi connectivity index (χ0) is 10.4. The van der Waals surface area contributed by atoms with E-state index >= 15 is 0 Å². The number of rotatable bonds is 6. The summed E-state index contributed by atoms with van der Waals surface area (Å²) in [6, 6.07) is 0. The molecule has 0 aliphatic heterocycles. The maximum absolute atomic E-state index is 9.05. The first-order chi connectivity index (χ1) is 6.74. The van der Waals surface area contributed by atoms with Gasteiger partial charge in [0.25, 0.3) is 0 Å². The normalized spacial score (nSPS) is 13.1. The second kappa shape index (κ2) is 5.78. The molecule has 4 nitrogen and oxygen atoms in total. The zero-order valence-electron chi connectivity index (χ0n) is 8.90. The molecule has 0 aliphatic carbocycles. The summed E-state index contributed by atoms with van der Waals surface area (Å²) < 4.78 is 2.11. The molecule has 1 atom stereocenters. The number of imidazole rings is 1. The van der Waals surface area contributed by atoms with Crippen molar-refractivity contribution in [2.75, 3.05) is 6.54 Å². The van der Waals surface area contributed by atoms with E-state index in [1.807, 2.05) is 12.4 Å². The number of nitrogens with zero attached hydrogens (tertiary/aromatic N) is 2. The smallest absolute Gasteiger partial charge is 0.122 e. The number of hydrogen-bond donors (Lipinski definition) is 2. The Morgan fingerprint density at radius 1 is 1.64 bits per heavy atom. The van der Waals surface area contributed by atoms with Crippen molar-refractivity contribution in [1.82, 2.24) is 14.9 Å². The third-order valence-corrected chi connectivity index (χ3v) is 2.16. The summed E-state index contributed by atoms with van der Waals surface area (Å²) in [4.78, 5) is 4.24. The van der Waals surface area contributed by atoms with Gasteiger partial charge in [0.05, 0.1) is 12.6 Å². The van der Waals surface area contributed by atoms with Crippen LogP contribution >= 0.6 is 0 Å². The van der Waals surface area contributed by atoms with Crippen LogP contribution in [0.2, 0.25) is 0 Å². The summed E-state index contributed by atoms with van der Waals surface area (Å²) >= 11 is 0. The Balaban J connectivity index is 2.24. The Hall–Kier alpha value is -0.870. The molecular formula is C10H19N3O. The van der Waals surface area contributed by atoms with Crippen LogP contribution in [0.1, 0.15) is 26.1 Å². The highest BCUT2D eigenvalue weighted by molar-refractivity contribution is 4.91. The molecule has 0 aliphatic rings. The topological polar surface area (TPSA) is 50.1 Å². The number of hydrogen-bond acceptors (Lipinski definition) is 3. The predicted octanol–water partition coefficient (Wildman–Crippen LogP) is 0.763. The maximum atomic E-state index is 9.05. The molecule has 1 aromatic heterocycles. The monoisotopic (exact) mass is 197 g/mol. The molecule has 0 aromatic carbocycles. The lowest BCUT2D eigenvalue weighted by atomic mass is 10.3. The highest BCUT2D eigenvalue weighted by Gasteiger charge is 2.00.